The molecule has 0 amide bonds. The van der Waals surface area contributed by atoms with Gasteiger partial charge in [-0.3, -0.25) is 0 Å². The van der Waals surface area contributed by atoms with Crippen molar-refractivity contribution in [3.05, 3.63) is 29.3 Å². The Hall–Kier alpha value is -1.79. The average Bonchev–Trinajstić information content (AvgIpc) is 3.18. The molecule has 0 radical (unpaired) electrons. The van der Waals surface area contributed by atoms with Gasteiger partial charge in [0.25, 0.3) is 0 Å². The second kappa shape index (κ2) is 9.95. The van der Waals surface area contributed by atoms with Crippen LogP contribution in [0.15, 0.2) is 23.2 Å². The highest BCUT2D eigenvalue weighted by atomic mass is 16.5. The molecule has 2 saturated heterocycles. The van der Waals surface area contributed by atoms with Gasteiger partial charge in [0.15, 0.2) is 5.96 Å². The van der Waals surface area contributed by atoms with Crippen molar-refractivity contribution in [2.45, 2.75) is 45.8 Å². The first-order chi connectivity index (χ1) is 13.2. The fourth-order valence-electron chi connectivity index (χ4n) is 3.75. The van der Waals surface area contributed by atoms with Crippen molar-refractivity contribution in [2.24, 2.45) is 4.99 Å². The molecule has 2 atom stereocenters. The van der Waals surface area contributed by atoms with Crippen LogP contribution < -0.4 is 10.1 Å². The molecule has 2 unspecified atom stereocenters. The minimum Gasteiger partial charge on any atom is -0.492 e. The first kappa shape index (κ1) is 20.0. The molecule has 0 saturated carbocycles. The summed E-state index contributed by atoms with van der Waals surface area (Å²) in [7, 11) is 0. The third-order valence-electron chi connectivity index (χ3n) is 4.92. The predicted molar refractivity (Wildman–Crippen MR) is 108 cm³/mol. The maximum absolute atomic E-state index is 5.95. The van der Waals surface area contributed by atoms with E-state index in [1.165, 1.54) is 11.1 Å². The quantitative estimate of drug-likeness (QED) is 0.470. The summed E-state index contributed by atoms with van der Waals surface area (Å²) in [4.78, 5) is 7.06. The van der Waals surface area contributed by atoms with Gasteiger partial charge in [-0.2, -0.15) is 0 Å². The Morgan fingerprint density at radius 2 is 1.96 bits per heavy atom. The highest BCUT2D eigenvalue weighted by Crippen LogP contribution is 2.21. The number of benzene rings is 1. The van der Waals surface area contributed by atoms with E-state index in [0.717, 1.165) is 50.8 Å². The van der Waals surface area contributed by atoms with Crippen LogP contribution in [0.1, 0.15) is 30.9 Å². The lowest BCUT2D eigenvalue weighted by atomic mass is 10.1. The highest BCUT2D eigenvalue weighted by molar-refractivity contribution is 5.80. The van der Waals surface area contributed by atoms with Crippen molar-refractivity contribution in [1.82, 2.24) is 10.2 Å². The third-order valence-corrected chi connectivity index (χ3v) is 4.92. The molecule has 3 rings (SSSR count). The molecule has 0 bridgehead atoms. The van der Waals surface area contributed by atoms with E-state index in [1.807, 2.05) is 0 Å². The minimum absolute atomic E-state index is 0.136. The van der Waals surface area contributed by atoms with Crippen LogP contribution in [-0.2, 0) is 9.47 Å². The molecule has 0 spiro atoms. The topological polar surface area (TPSA) is 55.3 Å². The smallest absolute Gasteiger partial charge is 0.194 e. The van der Waals surface area contributed by atoms with E-state index in [2.05, 4.69) is 49.2 Å². The van der Waals surface area contributed by atoms with Crippen molar-refractivity contribution in [3.63, 3.8) is 0 Å². The Labute approximate surface area is 162 Å². The molecule has 1 aromatic rings. The standard InChI is InChI=1S/C21H33N3O3/c1-4-22-21(23-7-10-25-18-13-16(2)12-17(3)14-18)24-8-11-27-20(15-24)19-6-5-9-26-19/h12-14,19-20H,4-11,15H2,1-3H3,(H,22,23). The molecular weight excluding hydrogens is 342 g/mol. The Bertz CT molecular complexity index is 609. The monoisotopic (exact) mass is 375 g/mol. The molecule has 0 aliphatic carbocycles. The summed E-state index contributed by atoms with van der Waals surface area (Å²) in [6, 6.07) is 6.28. The van der Waals surface area contributed by atoms with Gasteiger partial charge in [-0.15, -0.1) is 0 Å². The SMILES string of the molecule is CCNC(=NCCOc1cc(C)cc(C)c1)N1CCOC(C2CCCO2)C1. The summed E-state index contributed by atoms with van der Waals surface area (Å²) in [6.07, 6.45) is 2.59. The number of nitrogens with one attached hydrogen (secondary N) is 1. The van der Waals surface area contributed by atoms with E-state index in [-0.39, 0.29) is 12.2 Å². The van der Waals surface area contributed by atoms with E-state index >= 15 is 0 Å². The molecule has 0 aromatic heterocycles. The zero-order valence-corrected chi connectivity index (χ0v) is 16.9. The number of hydrogen-bond acceptors (Lipinski definition) is 4. The first-order valence-electron chi connectivity index (χ1n) is 10.1. The van der Waals surface area contributed by atoms with Crippen LogP contribution >= 0.6 is 0 Å². The summed E-state index contributed by atoms with van der Waals surface area (Å²) >= 11 is 0. The van der Waals surface area contributed by atoms with E-state index in [9.17, 15) is 0 Å². The lowest BCUT2D eigenvalue weighted by Crippen LogP contribution is -2.53. The number of guanidine groups is 1. The molecule has 150 valence electrons. The third kappa shape index (κ3) is 5.84. The number of rotatable bonds is 6. The lowest BCUT2D eigenvalue weighted by Gasteiger charge is -2.37. The van der Waals surface area contributed by atoms with Crippen molar-refractivity contribution in [1.29, 1.82) is 0 Å². The summed E-state index contributed by atoms with van der Waals surface area (Å²) in [6.45, 7) is 11.6. The Balaban J connectivity index is 1.53. The van der Waals surface area contributed by atoms with Crippen LogP contribution in [0.5, 0.6) is 5.75 Å². The number of hydrogen-bond donors (Lipinski definition) is 1. The van der Waals surface area contributed by atoms with Gasteiger partial charge in [0.1, 0.15) is 18.5 Å². The van der Waals surface area contributed by atoms with Gasteiger partial charge < -0.3 is 24.4 Å². The van der Waals surface area contributed by atoms with Crippen LogP contribution in [0.2, 0.25) is 0 Å². The van der Waals surface area contributed by atoms with Crippen molar-refractivity contribution < 1.29 is 14.2 Å². The average molecular weight is 376 g/mol. The molecular formula is C21H33N3O3. The Kier molecular flexibility index (Phi) is 7.35. The van der Waals surface area contributed by atoms with Gasteiger partial charge in [-0.05, 0) is 56.9 Å². The number of aliphatic imine (C=N–C) groups is 1. The van der Waals surface area contributed by atoms with E-state index in [4.69, 9.17) is 19.2 Å². The van der Waals surface area contributed by atoms with E-state index in [0.29, 0.717) is 19.8 Å². The van der Waals surface area contributed by atoms with Crippen molar-refractivity contribution >= 4 is 5.96 Å². The van der Waals surface area contributed by atoms with E-state index < -0.39 is 0 Å². The largest absolute Gasteiger partial charge is 0.492 e. The lowest BCUT2D eigenvalue weighted by molar-refractivity contribution is -0.0817. The second-order valence-corrected chi connectivity index (χ2v) is 7.31. The predicted octanol–water partition coefficient (Wildman–Crippen LogP) is 2.53. The Morgan fingerprint density at radius 1 is 1.19 bits per heavy atom. The second-order valence-electron chi connectivity index (χ2n) is 7.31. The summed E-state index contributed by atoms with van der Waals surface area (Å²) in [5.74, 6) is 1.85. The number of ether oxygens (including phenoxy) is 3. The summed E-state index contributed by atoms with van der Waals surface area (Å²) in [5, 5.41) is 3.40. The van der Waals surface area contributed by atoms with E-state index in [1.54, 1.807) is 0 Å². The van der Waals surface area contributed by atoms with Crippen molar-refractivity contribution in [3.8, 4) is 5.75 Å². The molecule has 27 heavy (non-hydrogen) atoms. The number of morpholine rings is 1. The molecule has 6 heteroatoms. The number of nitrogens with zero attached hydrogens (tertiary/aromatic N) is 2. The fraction of sp³-hybridized carbons (Fsp3) is 0.667. The highest BCUT2D eigenvalue weighted by Gasteiger charge is 2.32. The molecule has 6 nitrogen and oxygen atoms in total. The van der Waals surface area contributed by atoms with Gasteiger partial charge in [-0.1, -0.05) is 6.07 Å². The van der Waals surface area contributed by atoms with Gasteiger partial charge in [0.2, 0.25) is 0 Å². The van der Waals surface area contributed by atoms with Crippen molar-refractivity contribution in [2.75, 3.05) is 46.0 Å². The fourth-order valence-corrected chi connectivity index (χ4v) is 3.75. The van der Waals surface area contributed by atoms with Gasteiger partial charge in [-0.25, -0.2) is 4.99 Å². The van der Waals surface area contributed by atoms with Gasteiger partial charge in [0.05, 0.1) is 19.3 Å². The summed E-state index contributed by atoms with van der Waals surface area (Å²) in [5.41, 5.74) is 2.44. The molecule has 2 fully saturated rings. The van der Waals surface area contributed by atoms with Crippen LogP contribution in [0.3, 0.4) is 0 Å². The van der Waals surface area contributed by atoms with Gasteiger partial charge in [0, 0.05) is 26.2 Å². The molecule has 2 aliphatic heterocycles. The maximum atomic E-state index is 5.95. The van der Waals surface area contributed by atoms with Crippen LogP contribution in [-0.4, -0.2) is 69.1 Å². The van der Waals surface area contributed by atoms with Gasteiger partial charge >= 0.3 is 0 Å². The molecule has 1 N–H and O–H groups in total. The molecule has 2 heterocycles. The summed E-state index contributed by atoms with van der Waals surface area (Å²) < 4.78 is 17.7. The van der Waals surface area contributed by atoms with Crippen LogP contribution in [0.4, 0.5) is 0 Å². The zero-order chi connectivity index (χ0) is 19.1. The molecule has 1 aromatic carbocycles. The number of aryl methyl sites for hydroxylation is 2. The Morgan fingerprint density at radius 3 is 2.67 bits per heavy atom. The first-order valence-corrected chi connectivity index (χ1v) is 10.1. The zero-order valence-electron chi connectivity index (χ0n) is 16.9. The molecule has 2 aliphatic rings. The maximum Gasteiger partial charge on any atom is 0.194 e. The minimum atomic E-state index is 0.136. The van der Waals surface area contributed by atoms with Crippen LogP contribution in [0.25, 0.3) is 0 Å². The van der Waals surface area contributed by atoms with Crippen LogP contribution in [0, 0.1) is 13.8 Å². The normalized spacial score (nSPS) is 23.5.